The number of nitrogens with one attached hydrogen (secondary N) is 1. The zero-order valence-electron chi connectivity index (χ0n) is 22.6. The summed E-state index contributed by atoms with van der Waals surface area (Å²) in [5.74, 6) is -0.754. The smallest absolute Gasteiger partial charge is 0.548 e. The van der Waals surface area contributed by atoms with Crippen LogP contribution in [0.25, 0.3) is 11.1 Å². The maximum absolute atomic E-state index is 13.2. The monoisotopic (exact) mass is 484 g/mol. The molecule has 0 saturated heterocycles. The van der Waals surface area contributed by atoms with Gasteiger partial charge in [-0.15, -0.1) is 0 Å². The molecular formula is C30H41LiN2O3. The molecule has 0 spiro atoms. The molecule has 0 heterocycles. The Balaban J connectivity index is 0.00000456. The minimum Gasteiger partial charge on any atom is -0.548 e. The summed E-state index contributed by atoms with van der Waals surface area (Å²) in [6.45, 7) is 5.91. The fourth-order valence-electron chi connectivity index (χ4n) is 5.15. The molecule has 1 fully saturated rings. The second-order valence-electron chi connectivity index (χ2n) is 10.2. The number of unbranched alkanes of at least 4 members (excludes halogenated alkanes) is 1. The van der Waals surface area contributed by atoms with E-state index in [-0.39, 0.29) is 24.8 Å². The van der Waals surface area contributed by atoms with Gasteiger partial charge in [0.15, 0.2) is 0 Å². The van der Waals surface area contributed by atoms with E-state index in [1.165, 1.54) is 38.5 Å². The van der Waals surface area contributed by atoms with Crippen LogP contribution in [0, 0.1) is 12.8 Å². The summed E-state index contributed by atoms with van der Waals surface area (Å²) in [4.78, 5) is 27.2. The van der Waals surface area contributed by atoms with Gasteiger partial charge in [-0.05, 0) is 73.7 Å². The first kappa shape index (κ1) is 30.2. The number of amides is 1. The van der Waals surface area contributed by atoms with E-state index < -0.39 is 12.0 Å². The van der Waals surface area contributed by atoms with Crippen molar-refractivity contribution in [3.05, 3.63) is 59.2 Å². The van der Waals surface area contributed by atoms with Crippen molar-refractivity contribution in [3.8, 4) is 11.1 Å². The van der Waals surface area contributed by atoms with Crippen LogP contribution in [0.1, 0.15) is 86.2 Å². The van der Waals surface area contributed by atoms with Crippen LogP contribution in [0.3, 0.4) is 0 Å². The van der Waals surface area contributed by atoms with Crippen molar-refractivity contribution in [2.75, 3.05) is 13.6 Å². The molecule has 1 atom stereocenters. The molecule has 0 bridgehead atoms. The third kappa shape index (κ3) is 8.80. The van der Waals surface area contributed by atoms with E-state index in [1.54, 1.807) is 0 Å². The maximum atomic E-state index is 13.2. The predicted molar refractivity (Wildman–Crippen MR) is 140 cm³/mol. The van der Waals surface area contributed by atoms with E-state index in [1.807, 2.05) is 50.2 Å². The molecule has 0 aliphatic heterocycles. The van der Waals surface area contributed by atoms with Crippen molar-refractivity contribution in [1.29, 1.82) is 0 Å². The van der Waals surface area contributed by atoms with Gasteiger partial charge in [0.25, 0.3) is 5.91 Å². The van der Waals surface area contributed by atoms with Crippen molar-refractivity contribution in [3.63, 3.8) is 0 Å². The molecule has 2 aromatic rings. The Morgan fingerprint density at radius 2 is 1.81 bits per heavy atom. The van der Waals surface area contributed by atoms with Crippen LogP contribution in [-0.2, 0) is 11.3 Å². The Hall–Kier alpha value is -2.06. The largest absolute Gasteiger partial charge is 1.00 e. The standard InChI is InChI=1S/C30H42N2O3.Li/c1-4-5-15-28(30(34)35)31-29(33)26-17-16-24(20-27(26)25-14-10-9-11-22(25)2)21-32(3)19-18-23-12-7-6-8-13-23;/h9-11,14,16-17,20,23,28H,4-8,12-13,15,18-19,21H2,1-3H3,(H,31,33)(H,34,35);/q;+1/p-1/t28-;/m0./s1. The van der Waals surface area contributed by atoms with Crippen LogP contribution < -0.4 is 29.3 Å². The summed E-state index contributed by atoms with van der Waals surface area (Å²) in [7, 11) is 2.16. The summed E-state index contributed by atoms with van der Waals surface area (Å²) in [5.41, 5.74) is 4.55. The number of hydrogen-bond donors (Lipinski definition) is 1. The van der Waals surface area contributed by atoms with Gasteiger partial charge in [0, 0.05) is 12.1 Å². The van der Waals surface area contributed by atoms with E-state index in [0.717, 1.165) is 54.1 Å². The summed E-state index contributed by atoms with van der Waals surface area (Å²) < 4.78 is 0. The Labute approximate surface area is 229 Å². The second-order valence-corrected chi connectivity index (χ2v) is 10.2. The van der Waals surface area contributed by atoms with Crippen LogP contribution in [0.15, 0.2) is 42.5 Å². The van der Waals surface area contributed by atoms with Crippen molar-refractivity contribution in [2.24, 2.45) is 5.92 Å². The molecule has 6 heteroatoms. The zero-order chi connectivity index (χ0) is 25.2. The van der Waals surface area contributed by atoms with E-state index in [4.69, 9.17) is 0 Å². The number of aliphatic carboxylic acids is 1. The van der Waals surface area contributed by atoms with Crippen LogP contribution in [-0.4, -0.2) is 36.4 Å². The molecule has 1 amide bonds. The summed E-state index contributed by atoms with van der Waals surface area (Å²) in [6, 6.07) is 12.9. The SMILES string of the molecule is CCCC[C@H](NC(=O)c1ccc(CN(C)CCC2CCCCC2)cc1-c1ccccc1C)C(=O)[O-].[Li+]. The summed E-state index contributed by atoms with van der Waals surface area (Å²) in [5, 5.41) is 14.3. The molecular weight excluding hydrogens is 443 g/mol. The van der Waals surface area contributed by atoms with Crippen LogP contribution in [0.4, 0.5) is 0 Å². The molecule has 1 aliphatic carbocycles. The van der Waals surface area contributed by atoms with Gasteiger partial charge in [-0.3, -0.25) is 4.79 Å². The normalized spacial score (nSPS) is 14.8. The predicted octanol–water partition coefficient (Wildman–Crippen LogP) is 2.11. The van der Waals surface area contributed by atoms with Crippen LogP contribution in [0.5, 0.6) is 0 Å². The van der Waals surface area contributed by atoms with Crippen LogP contribution in [0.2, 0.25) is 0 Å². The van der Waals surface area contributed by atoms with Gasteiger partial charge in [0.05, 0.1) is 12.0 Å². The molecule has 3 rings (SSSR count). The number of carboxylic acid groups (broad SMARTS) is 1. The second kappa shape index (κ2) is 15.2. The Kier molecular flexibility index (Phi) is 12.8. The fourth-order valence-corrected chi connectivity index (χ4v) is 5.15. The average molecular weight is 485 g/mol. The van der Waals surface area contributed by atoms with Crippen LogP contribution >= 0.6 is 0 Å². The first-order valence-corrected chi connectivity index (χ1v) is 13.3. The first-order chi connectivity index (χ1) is 16.9. The minimum absolute atomic E-state index is 0. The topological polar surface area (TPSA) is 72.5 Å². The molecule has 190 valence electrons. The summed E-state index contributed by atoms with van der Waals surface area (Å²) >= 11 is 0. The van der Waals surface area contributed by atoms with Gasteiger partial charge in [-0.1, -0.05) is 82.2 Å². The van der Waals surface area contributed by atoms with E-state index >= 15 is 0 Å². The molecule has 0 radical (unpaired) electrons. The minimum atomic E-state index is -1.24. The van der Waals surface area contributed by atoms with Crippen molar-refractivity contribution in [1.82, 2.24) is 10.2 Å². The van der Waals surface area contributed by atoms with Gasteiger partial charge < -0.3 is 20.1 Å². The number of nitrogens with zero attached hydrogens (tertiary/aromatic N) is 1. The number of aryl methyl sites for hydroxylation is 1. The molecule has 1 saturated carbocycles. The van der Waals surface area contributed by atoms with E-state index in [0.29, 0.717) is 12.0 Å². The third-order valence-electron chi connectivity index (χ3n) is 7.30. The number of hydrogen-bond acceptors (Lipinski definition) is 4. The number of carbonyl (C=O) groups excluding carboxylic acids is 2. The van der Waals surface area contributed by atoms with E-state index in [2.05, 4.69) is 23.3 Å². The van der Waals surface area contributed by atoms with Crippen molar-refractivity contribution >= 4 is 11.9 Å². The zero-order valence-corrected chi connectivity index (χ0v) is 22.6. The molecule has 5 nitrogen and oxygen atoms in total. The van der Waals surface area contributed by atoms with E-state index in [9.17, 15) is 14.7 Å². The molecule has 36 heavy (non-hydrogen) atoms. The molecule has 2 aromatic carbocycles. The Morgan fingerprint density at radius 3 is 2.47 bits per heavy atom. The number of benzene rings is 2. The third-order valence-corrected chi connectivity index (χ3v) is 7.30. The van der Waals surface area contributed by atoms with Gasteiger partial charge in [0.1, 0.15) is 0 Å². The number of rotatable bonds is 12. The number of carboxylic acids is 1. The quantitative estimate of drug-likeness (QED) is 0.469. The van der Waals surface area contributed by atoms with Crippen molar-refractivity contribution < 1.29 is 33.6 Å². The molecule has 1 N–H and O–H groups in total. The Bertz CT molecular complexity index is 988. The first-order valence-electron chi connectivity index (χ1n) is 13.3. The van der Waals surface area contributed by atoms with Gasteiger partial charge >= 0.3 is 18.9 Å². The van der Waals surface area contributed by atoms with Gasteiger partial charge in [-0.25, -0.2) is 0 Å². The fraction of sp³-hybridized carbons (Fsp3) is 0.533. The van der Waals surface area contributed by atoms with Gasteiger partial charge in [0.2, 0.25) is 0 Å². The molecule has 0 aromatic heterocycles. The molecule has 1 aliphatic rings. The molecule has 0 unspecified atom stereocenters. The average Bonchev–Trinajstić information content (AvgIpc) is 2.86. The maximum Gasteiger partial charge on any atom is 1.00 e. The summed E-state index contributed by atoms with van der Waals surface area (Å²) in [6.07, 6.45) is 10.0. The van der Waals surface area contributed by atoms with Gasteiger partial charge in [-0.2, -0.15) is 0 Å². The Morgan fingerprint density at radius 1 is 1.08 bits per heavy atom. The van der Waals surface area contributed by atoms with Crippen molar-refractivity contribution in [2.45, 2.75) is 84.2 Å². The number of carbonyl (C=O) groups is 2.